The molecule has 11 heteroatoms. The molecule has 0 aliphatic rings. The zero-order valence-electron chi connectivity index (χ0n) is 17.2. The average molecular weight is 439 g/mol. The van der Waals surface area contributed by atoms with E-state index in [4.69, 9.17) is 9.26 Å². The molecule has 0 aliphatic heterocycles. The van der Waals surface area contributed by atoms with E-state index < -0.39 is 10.8 Å². The quantitative estimate of drug-likeness (QED) is 0.277. The highest BCUT2D eigenvalue weighted by molar-refractivity contribution is 5.90. The largest absolute Gasteiger partial charge is 0.497 e. The number of hydrogen-bond donors (Lipinski definition) is 2. The molecule has 0 unspecified atom stereocenters. The minimum Gasteiger partial charge on any atom is -0.497 e. The Bertz CT molecular complexity index is 1100. The summed E-state index contributed by atoms with van der Waals surface area (Å²) < 4.78 is 10.0. The number of carbonyl (C=O) groups is 2. The molecular formula is C21H21N5O6. The molecule has 1 heterocycles. The Morgan fingerprint density at radius 3 is 2.59 bits per heavy atom. The maximum absolute atomic E-state index is 12.1. The number of hydrogen-bond acceptors (Lipinski definition) is 8. The zero-order chi connectivity index (χ0) is 22.9. The Kier molecular flexibility index (Phi) is 7.46. The smallest absolute Gasteiger partial charge is 0.316 e. The number of nitrogens with one attached hydrogen (secondary N) is 2. The molecule has 2 amide bonds. The molecule has 1 aromatic heterocycles. The fraction of sp³-hybridized carbons (Fsp3) is 0.238. The molecule has 166 valence electrons. The van der Waals surface area contributed by atoms with Crippen LogP contribution in [0.25, 0.3) is 11.4 Å². The summed E-state index contributed by atoms with van der Waals surface area (Å²) in [5.41, 5.74) is 1.25. The average Bonchev–Trinajstić information content (AvgIpc) is 3.31. The van der Waals surface area contributed by atoms with Gasteiger partial charge in [0.15, 0.2) is 0 Å². The number of aryl methyl sites for hydroxylation is 1. The Morgan fingerprint density at radius 2 is 1.88 bits per heavy atom. The Morgan fingerprint density at radius 1 is 1.12 bits per heavy atom. The van der Waals surface area contributed by atoms with Crippen LogP contribution < -0.4 is 15.4 Å². The van der Waals surface area contributed by atoms with Crippen molar-refractivity contribution in [2.24, 2.45) is 0 Å². The number of nitro benzene ring substituents is 1. The second kappa shape index (κ2) is 10.7. The predicted octanol–water partition coefficient (Wildman–Crippen LogP) is 2.13. The molecule has 0 aliphatic carbocycles. The summed E-state index contributed by atoms with van der Waals surface area (Å²) in [4.78, 5) is 38.4. The third-order valence-corrected chi connectivity index (χ3v) is 4.47. The molecule has 0 atom stereocenters. The van der Waals surface area contributed by atoms with Gasteiger partial charge in [-0.05, 0) is 24.1 Å². The lowest BCUT2D eigenvalue weighted by Crippen LogP contribution is -2.34. The van der Waals surface area contributed by atoms with Crippen molar-refractivity contribution in [3.05, 3.63) is 70.1 Å². The van der Waals surface area contributed by atoms with Gasteiger partial charge in [-0.1, -0.05) is 29.4 Å². The fourth-order valence-corrected chi connectivity index (χ4v) is 2.78. The highest BCUT2D eigenvalue weighted by atomic mass is 16.6. The van der Waals surface area contributed by atoms with Crippen molar-refractivity contribution in [1.82, 2.24) is 20.8 Å². The van der Waals surface area contributed by atoms with Crippen LogP contribution in [0.15, 0.2) is 53.1 Å². The summed E-state index contributed by atoms with van der Waals surface area (Å²) in [5.74, 6) is -0.210. The molecule has 0 bridgehead atoms. The van der Waals surface area contributed by atoms with Crippen molar-refractivity contribution in [3.63, 3.8) is 0 Å². The lowest BCUT2D eigenvalue weighted by molar-refractivity contribution is -0.384. The van der Waals surface area contributed by atoms with Gasteiger partial charge >= 0.3 is 11.8 Å². The topological polar surface area (TPSA) is 149 Å². The van der Waals surface area contributed by atoms with Crippen LogP contribution in [0.2, 0.25) is 0 Å². The number of carbonyl (C=O) groups excluding carboxylic acids is 2. The minimum absolute atomic E-state index is 0.0608. The number of nitro groups is 1. The van der Waals surface area contributed by atoms with E-state index in [-0.39, 0.29) is 36.4 Å². The van der Waals surface area contributed by atoms with Crippen molar-refractivity contribution in [3.8, 4) is 17.1 Å². The summed E-state index contributed by atoms with van der Waals surface area (Å²) >= 11 is 0. The maximum Gasteiger partial charge on any atom is 0.316 e. The van der Waals surface area contributed by atoms with Gasteiger partial charge in [0.05, 0.1) is 12.0 Å². The van der Waals surface area contributed by atoms with E-state index >= 15 is 0 Å². The van der Waals surface area contributed by atoms with Crippen LogP contribution in [-0.4, -0.2) is 47.1 Å². The van der Waals surface area contributed by atoms with Crippen molar-refractivity contribution in [1.29, 1.82) is 0 Å². The number of amides is 2. The maximum atomic E-state index is 12.1. The molecule has 0 radical (unpaired) electrons. The van der Waals surface area contributed by atoms with Gasteiger partial charge in [-0.2, -0.15) is 4.98 Å². The number of benzene rings is 2. The standard InChI is InChI=1S/C21H21N5O6/c1-31-17-8-5-14(6-9-17)7-10-18(27)22-11-12-23-20(28)21-24-19(25-32-21)15-3-2-4-16(13-15)26(29)30/h2-6,8-9,13H,7,10-12H2,1H3,(H,22,27)(H,23,28). The van der Waals surface area contributed by atoms with Crippen LogP contribution in [-0.2, 0) is 11.2 Å². The number of aromatic nitrogens is 2. The molecule has 2 N–H and O–H groups in total. The van der Waals surface area contributed by atoms with Crippen LogP contribution in [0.3, 0.4) is 0 Å². The molecule has 0 saturated carbocycles. The van der Waals surface area contributed by atoms with E-state index in [0.29, 0.717) is 18.4 Å². The number of nitrogens with zero attached hydrogens (tertiary/aromatic N) is 3. The highest BCUT2D eigenvalue weighted by Crippen LogP contribution is 2.21. The van der Waals surface area contributed by atoms with Gasteiger partial charge in [0.25, 0.3) is 5.69 Å². The number of rotatable bonds is 10. The molecule has 3 aromatic rings. The molecule has 0 saturated heterocycles. The van der Waals surface area contributed by atoms with Crippen LogP contribution in [0.5, 0.6) is 5.75 Å². The summed E-state index contributed by atoms with van der Waals surface area (Å²) in [6, 6.07) is 13.2. The van der Waals surface area contributed by atoms with Gasteiger partial charge in [-0.15, -0.1) is 0 Å². The fourth-order valence-electron chi connectivity index (χ4n) is 2.78. The van der Waals surface area contributed by atoms with Crippen molar-refractivity contribution in [2.75, 3.05) is 20.2 Å². The first-order valence-corrected chi connectivity index (χ1v) is 9.72. The van der Waals surface area contributed by atoms with Gasteiger partial charge < -0.3 is 19.9 Å². The highest BCUT2D eigenvalue weighted by Gasteiger charge is 2.17. The van der Waals surface area contributed by atoms with E-state index in [1.54, 1.807) is 13.2 Å². The molecule has 3 rings (SSSR count). The van der Waals surface area contributed by atoms with Crippen LogP contribution in [0.4, 0.5) is 5.69 Å². The number of ether oxygens (including phenoxy) is 1. The molecule has 0 fully saturated rings. The Balaban J connectivity index is 1.41. The number of methoxy groups -OCH3 is 1. The molecule has 32 heavy (non-hydrogen) atoms. The first-order valence-electron chi connectivity index (χ1n) is 9.72. The second-order valence-corrected chi connectivity index (χ2v) is 6.68. The van der Waals surface area contributed by atoms with Crippen molar-refractivity contribution >= 4 is 17.5 Å². The van der Waals surface area contributed by atoms with Crippen LogP contribution in [0.1, 0.15) is 22.7 Å². The Hall–Kier alpha value is -4.28. The van der Waals surface area contributed by atoms with Gasteiger partial charge in [-0.3, -0.25) is 19.7 Å². The van der Waals surface area contributed by atoms with Crippen LogP contribution in [0, 0.1) is 10.1 Å². The summed E-state index contributed by atoms with van der Waals surface area (Å²) in [5, 5.41) is 19.8. The van der Waals surface area contributed by atoms with E-state index in [2.05, 4.69) is 20.8 Å². The predicted molar refractivity (Wildman–Crippen MR) is 113 cm³/mol. The SMILES string of the molecule is COc1ccc(CCC(=O)NCCNC(=O)c2nc(-c3cccc([N+](=O)[O-])c3)no2)cc1. The van der Waals surface area contributed by atoms with Crippen LogP contribution >= 0.6 is 0 Å². The summed E-state index contributed by atoms with van der Waals surface area (Å²) in [7, 11) is 1.59. The van der Waals surface area contributed by atoms with Crippen molar-refractivity contribution < 1.29 is 23.8 Å². The minimum atomic E-state index is -0.610. The third kappa shape index (κ3) is 6.11. The lowest BCUT2D eigenvalue weighted by Gasteiger charge is -2.06. The normalized spacial score (nSPS) is 10.4. The Labute approximate surface area is 182 Å². The monoisotopic (exact) mass is 439 g/mol. The molecule has 0 spiro atoms. The van der Waals surface area contributed by atoms with E-state index in [1.807, 2.05) is 24.3 Å². The number of non-ortho nitro benzene ring substituents is 1. The molecular weight excluding hydrogens is 418 g/mol. The van der Waals surface area contributed by atoms with Crippen molar-refractivity contribution in [2.45, 2.75) is 12.8 Å². The van der Waals surface area contributed by atoms with Gasteiger partial charge in [0.2, 0.25) is 11.7 Å². The van der Waals surface area contributed by atoms with E-state index in [0.717, 1.165) is 11.3 Å². The van der Waals surface area contributed by atoms with Gasteiger partial charge in [0.1, 0.15) is 5.75 Å². The van der Waals surface area contributed by atoms with E-state index in [9.17, 15) is 19.7 Å². The summed E-state index contributed by atoms with van der Waals surface area (Å²) in [6.45, 7) is 0.403. The van der Waals surface area contributed by atoms with Gasteiger partial charge in [-0.25, -0.2) is 0 Å². The first kappa shape index (κ1) is 22.4. The first-order chi connectivity index (χ1) is 15.5. The van der Waals surface area contributed by atoms with E-state index in [1.165, 1.54) is 18.2 Å². The summed E-state index contributed by atoms with van der Waals surface area (Å²) in [6.07, 6.45) is 0.904. The molecule has 11 nitrogen and oxygen atoms in total. The zero-order valence-corrected chi connectivity index (χ0v) is 17.2. The van der Waals surface area contributed by atoms with Gasteiger partial charge in [0, 0.05) is 37.2 Å². The second-order valence-electron chi connectivity index (χ2n) is 6.68. The lowest BCUT2D eigenvalue weighted by atomic mass is 10.1. The molecule has 2 aromatic carbocycles. The third-order valence-electron chi connectivity index (χ3n) is 4.47.